The number of nitrogens with zero attached hydrogens (tertiary/aromatic N) is 2. The van der Waals surface area contributed by atoms with Crippen LogP contribution >= 0.6 is 0 Å². The number of aliphatic hydroxyl groups is 1. The number of nitrogens with two attached hydrogens (primary N) is 1. The van der Waals surface area contributed by atoms with E-state index in [1.165, 1.54) is 19.4 Å². The molecule has 0 radical (unpaired) electrons. The van der Waals surface area contributed by atoms with Crippen molar-refractivity contribution in [3.05, 3.63) is 0 Å². The van der Waals surface area contributed by atoms with Crippen molar-refractivity contribution >= 4 is 0 Å². The van der Waals surface area contributed by atoms with Gasteiger partial charge in [-0.1, -0.05) is 20.3 Å². The molecule has 3 unspecified atom stereocenters. The van der Waals surface area contributed by atoms with Crippen molar-refractivity contribution in [2.75, 3.05) is 33.3 Å². The van der Waals surface area contributed by atoms with E-state index in [-0.39, 0.29) is 18.7 Å². The highest BCUT2D eigenvalue weighted by Crippen LogP contribution is 2.18. The predicted molar refractivity (Wildman–Crippen MR) is 76.7 cm³/mol. The summed E-state index contributed by atoms with van der Waals surface area (Å²) in [5.74, 6) is 0. The largest absolute Gasteiger partial charge is 0.395 e. The number of aliphatic hydroxyl groups excluding tert-OH is 1. The zero-order valence-electron chi connectivity index (χ0n) is 12.3. The van der Waals surface area contributed by atoms with Gasteiger partial charge in [0.2, 0.25) is 0 Å². The molecule has 0 aromatic carbocycles. The molecule has 0 aromatic rings. The molecular formula is C14H31N3O. The lowest BCUT2D eigenvalue weighted by atomic mass is 10.0. The van der Waals surface area contributed by atoms with Crippen molar-refractivity contribution in [2.24, 2.45) is 5.73 Å². The summed E-state index contributed by atoms with van der Waals surface area (Å²) in [6.07, 6.45) is 4.64. The first-order valence-corrected chi connectivity index (χ1v) is 7.44. The normalized spacial score (nSPS) is 24.7. The molecule has 4 nitrogen and oxygen atoms in total. The van der Waals surface area contributed by atoms with E-state index in [2.05, 4.69) is 30.7 Å². The van der Waals surface area contributed by atoms with Gasteiger partial charge in [0.1, 0.15) is 0 Å². The summed E-state index contributed by atoms with van der Waals surface area (Å²) >= 11 is 0. The molecule has 1 saturated heterocycles. The number of hydrogen-bond donors (Lipinski definition) is 2. The Hall–Kier alpha value is -0.160. The molecule has 0 aromatic heterocycles. The Morgan fingerprint density at radius 1 is 1.44 bits per heavy atom. The molecule has 0 saturated carbocycles. The third kappa shape index (κ3) is 4.19. The van der Waals surface area contributed by atoms with Crippen LogP contribution in [0.4, 0.5) is 0 Å². The minimum atomic E-state index is 0.0847. The zero-order chi connectivity index (χ0) is 13.5. The number of rotatable bonds is 8. The van der Waals surface area contributed by atoms with E-state index >= 15 is 0 Å². The molecule has 1 heterocycles. The van der Waals surface area contributed by atoms with E-state index in [0.717, 1.165) is 25.9 Å². The molecule has 4 heteroatoms. The molecule has 3 atom stereocenters. The van der Waals surface area contributed by atoms with Crippen LogP contribution in [0.5, 0.6) is 0 Å². The fraction of sp³-hybridized carbons (Fsp3) is 1.00. The Bertz CT molecular complexity index is 225. The molecule has 1 rings (SSSR count). The van der Waals surface area contributed by atoms with E-state index in [1.54, 1.807) is 0 Å². The number of hydrogen-bond acceptors (Lipinski definition) is 4. The molecule has 18 heavy (non-hydrogen) atoms. The van der Waals surface area contributed by atoms with Crippen LogP contribution in [0.2, 0.25) is 0 Å². The van der Waals surface area contributed by atoms with Crippen LogP contribution in [0.3, 0.4) is 0 Å². The maximum absolute atomic E-state index is 9.56. The quantitative estimate of drug-likeness (QED) is 0.678. The molecule has 1 aliphatic heterocycles. The third-order valence-corrected chi connectivity index (χ3v) is 4.27. The van der Waals surface area contributed by atoms with E-state index < -0.39 is 0 Å². The summed E-state index contributed by atoms with van der Waals surface area (Å²) in [5.41, 5.74) is 6.17. The van der Waals surface area contributed by atoms with Gasteiger partial charge < -0.3 is 10.8 Å². The molecule has 0 aliphatic carbocycles. The molecule has 0 bridgehead atoms. The smallest absolute Gasteiger partial charge is 0.0601 e. The maximum atomic E-state index is 9.56. The summed E-state index contributed by atoms with van der Waals surface area (Å²) in [6.45, 7) is 7.91. The van der Waals surface area contributed by atoms with E-state index in [4.69, 9.17) is 5.73 Å². The van der Waals surface area contributed by atoms with Crippen LogP contribution in [0.15, 0.2) is 0 Å². The molecule has 1 aliphatic rings. The van der Waals surface area contributed by atoms with Crippen molar-refractivity contribution in [1.29, 1.82) is 0 Å². The van der Waals surface area contributed by atoms with Crippen LogP contribution < -0.4 is 5.73 Å². The van der Waals surface area contributed by atoms with Gasteiger partial charge in [-0.05, 0) is 39.4 Å². The average molecular weight is 257 g/mol. The fourth-order valence-electron chi connectivity index (χ4n) is 3.11. The predicted octanol–water partition coefficient (Wildman–Crippen LogP) is 0.891. The summed E-state index contributed by atoms with van der Waals surface area (Å²) < 4.78 is 0. The summed E-state index contributed by atoms with van der Waals surface area (Å²) in [5, 5.41) is 9.56. The SMILES string of the molecule is CCCC(N)C(CO)N(C)CC1CCCN1CC. The van der Waals surface area contributed by atoms with Crippen LogP contribution in [-0.2, 0) is 0 Å². The van der Waals surface area contributed by atoms with Crippen LogP contribution in [0, 0.1) is 0 Å². The lowest BCUT2D eigenvalue weighted by Gasteiger charge is -2.35. The second-order valence-electron chi connectivity index (χ2n) is 5.57. The van der Waals surface area contributed by atoms with Crippen molar-refractivity contribution in [2.45, 2.75) is 57.7 Å². The van der Waals surface area contributed by atoms with E-state index in [0.29, 0.717) is 6.04 Å². The van der Waals surface area contributed by atoms with Gasteiger partial charge in [-0.15, -0.1) is 0 Å². The Labute approximate surface area is 112 Å². The van der Waals surface area contributed by atoms with Crippen LogP contribution in [0.1, 0.15) is 39.5 Å². The molecular weight excluding hydrogens is 226 g/mol. The lowest BCUT2D eigenvalue weighted by molar-refractivity contribution is 0.0977. The lowest BCUT2D eigenvalue weighted by Crippen LogP contribution is -2.52. The first-order valence-electron chi connectivity index (χ1n) is 7.44. The van der Waals surface area contributed by atoms with Crippen molar-refractivity contribution < 1.29 is 5.11 Å². The highest BCUT2D eigenvalue weighted by atomic mass is 16.3. The highest BCUT2D eigenvalue weighted by Gasteiger charge is 2.28. The molecule has 1 fully saturated rings. The van der Waals surface area contributed by atoms with Gasteiger partial charge >= 0.3 is 0 Å². The number of likely N-dealkylation sites (tertiary alicyclic amines) is 1. The molecule has 0 amide bonds. The van der Waals surface area contributed by atoms with Crippen molar-refractivity contribution in [1.82, 2.24) is 9.80 Å². The van der Waals surface area contributed by atoms with Gasteiger partial charge in [0.25, 0.3) is 0 Å². The number of likely N-dealkylation sites (N-methyl/N-ethyl adjacent to an activating group) is 2. The average Bonchev–Trinajstić information content (AvgIpc) is 2.77. The zero-order valence-corrected chi connectivity index (χ0v) is 12.3. The van der Waals surface area contributed by atoms with Gasteiger partial charge in [-0.3, -0.25) is 9.80 Å². The Morgan fingerprint density at radius 2 is 2.17 bits per heavy atom. The van der Waals surface area contributed by atoms with Gasteiger partial charge in [0.15, 0.2) is 0 Å². The van der Waals surface area contributed by atoms with Gasteiger partial charge in [-0.25, -0.2) is 0 Å². The minimum absolute atomic E-state index is 0.0847. The topological polar surface area (TPSA) is 52.7 Å². The fourth-order valence-corrected chi connectivity index (χ4v) is 3.11. The summed E-state index contributed by atoms with van der Waals surface area (Å²) in [7, 11) is 2.10. The second-order valence-corrected chi connectivity index (χ2v) is 5.57. The Balaban J connectivity index is 2.48. The van der Waals surface area contributed by atoms with Gasteiger partial charge in [0, 0.05) is 24.7 Å². The first kappa shape index (κ1) is 15.9. The highest BCUT2D eigenvalue weighted by molar-refractivity contribution is 4.86. The first-order chi connectivity index (χ1) is 8.63. The van der Waals surface area contributed by atoms with Crippen LogP contribution in [0.25, 0.3) is 0 Å². The molecule has 3 N–H and O–H groups in total. The molecule has 108 valence electrons. The second kappa shape index (κ2) is 8.10. The van der Waals surface area contributed by atoms with Crippen LogP contribution in [-0.4, -0.2) is 66.3 Å². The standard InChI is InChI=1S/C14H31N3O/c1-4-7-13(15)14(11-18)16(3)10-12-8-6-9-17(12)5-2/h12-14,18H,4-11,15H2,1-3H3. The van der Waals surface area contributed by atoms with E-state index in [1.807, 2.05) is 0 Å². The monoisotopic (exact) mass is 257 g/mol. The Morgan fingerprint density at radius 3 is 2.72 bits per heavy atom. The van der Waals surface area contributed by atoms with Gasteiger partial charge in [0.05, 0.1) is 6.61 Å². The van der Waals surface area contributed by atoms with Gasteiger partial charge in [-0.2, -0.15) is 0 Å². The molecule has 0 spiro atoms. The van der Waals surface area contributed by atoms with Crippen molar-refractivity contribution in [3.8, 4) is 0 Å². The van der Waals surface area contributed by atoms with Crippen molar-refractivity contribution in [3.63, 3.8) is 0 Å². The third-order valence-electron chi connectivity index (χ3n) is 4.27. The summed E-state index contributed by atoms with van der Waals surface area (Å²) in [6, 6.07) is 0.827. The minimum Gasteiger partial charge on any atom is -0.395 e. The summed E-state index contributed by atoms with van der Waals surface area (Å²) in [4.78, 5) is 4.80. The maximum Gasteiger partial charge on any atom is 0.0601 e. The van der Waals surface area contributed by atoms with E-state index in [9.17, 15) is 5.11 Å². The Kier molecular flexibility index (Phi) is 7.15.